The number of rotatable bonds is 4. The van der Waals surface area contributed by atoms with Gasteiger partial charge in [0.1, 0.15) is 16.5 Å². The molecular weight excluding hydrogens is 310 g/mol. The number of aliphatic hydroxyl groups excluding tert-OH is 1. The van der Waals surface area contributed by atoms with Gasteiger partial charge in [-0.15, -0.1) is 0 Å². The molecule has 9 nitrogen and oxygen atoms in total. The Balaban J connectivity index is 0.000000541. The number of thiazole rings is 1. The van der Waals surface area contributed by atoms with Crippen LogP contribution in [0, 0.1) is 18.8 Å². The SMILES string of the molecule is Cc1ncc(C[n+]2csc(CCO)c2C)c(N)n1.O=[N+](O)O. The second-order valence-corrected chi connectivity index (χ2v) is 5.35. The predicted molar refractivity (Wildman–Crippen MR) is 77.5 cm³/mol. The number of aliphatic hydroxyl groups is 1. The van der Waals surface area contributed by atoms with Crippen LogP contribution in [0.1, 0.15) is 22.0 Å². The molecule has 2 aromatic heterocycles. The minimum absolute atomic E-state index is 0.178. The monoisotopic (exact) mass is 329 g/mol. The van der Waals surface area contributed by atoms with Crippen molar-refractivity contribution in [3.05, 3.63) is 38.6 Å². The summed E-state index contributed by atoms with van der Waals surface area (Å²) in [5.41, 5.74) is 10.0. The molecule has 120 valence electrons. The number of aryl methyl sites for hydroxylation is 1. The molecule has 0 fully saturated rings. The van der Waals surface area contributed by atoms with Crippen LogP contribution in [-0.2, 0) is 13.0 Å². The molecule has 5 N–H and O–H groups in total. The Morgan fingerprint density at radius 2 is 2.05 bits per heavy atom. The molecule has 2 aromatic rings. The Kier molecular flexibility index (Phi) is 6.60. The second kappa shape index (κ2) is 8.20. The molecule has 2 heterocycles. The molecule has 10 heteroatoms. The molecule has 22 heavy (non-hydrogen) atoms. The topological polar surface area (TPSA) is 136 Å². The predicted octanol–water partition coefficient (Wildman–Crippen LogP) is 0.151. The first-order chi connectivity index (χ1) is 10.3. The van der Waals surface area contributed by atoms with Crippen molar-refractivity contribution >= 4 is 17.2 Å². The lowest BCUT2D eigenvalue weighted by Crippen LogP contribution is -2.35. The average Bonchev–Trinajstić information content (AvgIpc) is 2.75. The van der Waals surface area contributed by atoms with Gasteiger partial charge < -0.3 is 10.8 Å². The van der Waals surface area contributed by atoms with Gasteiger partial charge >= 0.3 is 5.09 Å². The Morgan fingerprint density at radius 3 is 2.59 bits per heavy atom. The lowest BCUT2D eigenvalue weighted by atomic mass is 10.2. The summed E-state index contributed by atoms with van der Waals surface area (Å²) in [5, 5.41) is 21.5. The number of aromatic nitrogens is 3. The summed E-state index contributed by atoms with van der Waals surface area (Å²) in [4.78, 5) is 18.0. The summed E-state index contributed by atoms with van der Waals surface area (Å²) in [6.07, 6.45) is 2.47. The highest BCUT2D eigenvalue weighted by Gasteiger charge is 2.16. The highest BCUT2D eigenvalue weighted by atomic mass is 32.1. The molecule has 0 aliphatic rings. The van der Waals surface area contributed by atoms with E-state index in [9.17, 15) is 0 Å². The largest absolute Gasteiger partial charge is 0.472 e. The van der Waals surface area contributed by atoms with Gasteiger partial charge in [-0.3, -0.25) is 0 Å². The van der Waals surface area contributed by atoms with E-state index in [0.29, 0.717) is 24.6 Å². The maximum absolute atomic E-state index is 8.98. The number of hydrogen-bond donors (Lipinski definition) is 4. The molecule has 2 rings (SSSR count). The third kappa shape index (κ3) is 5.22. The van der Waals surface area contributed by atoms with E-state index in [1.807, 2.05) is 19.4 Å². The van der Waals surface area contributed by atoms with E-state index in [-0.39, 0.29) is 6.61 Å². The molecule has 0 amide bonds. The van der Waals surface area contributed by atoms with Crippen molar-refractivity contribution in [2.24, 2.45) is 0 Å². The molecule has 0 bridgehead atoms. The Morgan fingerprint density at radius 1 is 1.41 bits per heavy atom. The number of anilines is 1. The van der Waals surface area contributed by atoms with Crippen LogP contribution in [0.2, 0.25) is 0 Å². The quantitative estimate of drug-likeness (QED) is 0.463. The van der Waals surface area contributed by atoms with E-state index in [1.54, 1.807) is 17.5 Å². The lowest BCUT2D eigenvalue weighted by molar-refractivity contribution is -0.969. The summed E-state index contributed by atoms with van der Waals surface area (Å²) >= 11 is 1.65. The Labute approximate surface area is 130 Å². The molecule has 0 radical (unpaired) electrons. The Bertz CT molecular complexity index is 642. The number of hydrogen-bond acceptors (Lipinski definition) is 6. The van der Waals surface area contributed by atoms with Gasteiger partial charge in [0.15, 0.2) is 12.2 Å². The van der Waals surface area contributed by atoms with Crippen LogP contribution >= 0.6 is 11.3 Å². The van der Waals surface area contributed by atoms with Crippen molar-refractivity contribution in [2.75, 3.05) is 12.3 Å². The van der Waals surface area contributed by atoms with E-state index >= 15 is 0 Å². The minimum atomic E-state index is -1.25. The number of nitrogens with zero attached hydrogens (tertiary/aromatic N) is 4. The minimum Gasteiger partial charge on any atom is -0.396 e. The maximum Gasteiger partial charge on any atom is 0.472 e. The molecule has 0 aliphatic heterocycles. The van der Waals surface area contributed by atoms with E-state index in [2.05, 4.69) is 14.5 Å². The zero-order chi connectivity index (χ0) is 16.7. The van der Waals surface area contributed by atoms with Crippen molar-refractivity contribution in [3.8, 4) is 0 Å². The third-order valence-corrected chi connectivity index (χ3v) is 4.00. The van der Waals surface area contributed by atoms with Crippen molar-refractivity contribution in [2.45, 2.75) is 26.8 Å². The van der Waals surface area contributed by atoms with Crippen LogP contribution < -0.4 is 10.3 Å². The average molecular weight is 329 g/mol. The summed E-state index contributed by atoms with van der Waals surface area (Å²) < 4.78 is 2.11. The summed E-state index contributed by atoms with van der Waals surface area (Å²) in [5.74, 6) is 1.22. The standard InChI is InChI=1S/C12H17N4OS.H2NO3/c1-8-11(3-4-17)18-7-16(8)6-10-5-14-9(2)15-12(10)13;2-1(3)4/h5,7,17H,3-4,6H2,1-2H3,(H2,13,14,15);(H2,2,3,4)/q2*+1. The van der Waals surface area contributed by atoms with Gasteiger partial charge in [0, 0.05) is 26.1 Å². The first-order valence-corrected chi connectivity index (χ1v) is 7.23. The van der Waals surface area contributed by atoms with Crippen molar-refractivity contribution in [1.29, 1.82) is 0 Å². The van der Waals surface area contributed by atoms with Gasteiger partial charge in [-0.25, -0.2) is 20.4 Å². The zero-order valence-electron chi connectivity index (χ0n) is 12.3. The van der Waals surface area contributed by atoms with Crippen LogP contribution in [0.15, 0.2) is 11.7 Å². The number of nitrogen functional groups attached to an aromatic ring is 1. The molecule has 0 saturated heterocycles. The zero-order valence-corrected chi connectivity index (χ0v) is 13.1. The smallest absolute Gasteiger partial charge is 0.396 e. The van der Waals surface area contributed by atoms with Crippen LogP contribution in [0.25, 0.3) is 0 Å². The summed E-state index contributed by atoms with van der Waals surface area (Å²) in [7, 11) is 0. The summed E-state index contributed by atoms with van der Waals surface area (Å²) in [6, 6.07) is 0. The summed E-state index contributed by atoms with van der Waals surface area (Å²) in [6.45, 7) is 4.71. The van der Waals surface area contributed by atoms with Crippen LogP contribution in [-0.4, -0.2) is 37.2 Å². The molecule has 0 aliphatic carbocycles. The fraction of sp³-hybridized carbons (Fsp3) is 0.417. The van der Waals surface area contributed by atoms with E-state index in [0.717, 1.165) is 11.3 Å². The molecule has 0 atom stereocenters. The first kappa shape index (κ1) is 17.7. The number of nitrogens with two attached hydrogens (primary N) is 1. The van der Waals surface area contributed by atoms with E-state index in [1.165, 1.54) is 4.88 Å². The van der Waals surface area contributed by atoms with Gasteiger partial charge in [0.25, 0.3) is 0 Å². The molecule has 0 aromatic carbocycles. The first-order valence-electron chi connectivity index (χ1n) is 6.35. The third-order valence-electron chi connectivity index (χ3n) is 2.85. The highest BCUT2D eigenvalue weighted by molar-refractivity contribution is 7.09. The fourth-order valence-corrected chi connectivity index (χ4v) is 2.75. The van der Waals surface area contributed by atoms with Crippen molar-refractivity contribution < 1.29 is 25.2 Å². The maximum atomic E-state index is 8.98. The van der Waals surface area contributed by atoms with Gasteiger partial charge in [-0.1, -0.05) is 11.3 Å². The van der Waals surface area contributed by atoms with Crippen molar-refractivity contribution in [1.82, 2.24) is 9.97 Å². The lowest BCUT2D eigenvalue weighted by Gasteiger charge is -2.01. The fourth-order valence-electron chi connectivity index (χ4n) is 1.77. The molecular formula is C12H19N5O4S+2. The van der Waals surface area contributed by atoms with Crippen molar-refractivity contribution in [3.63, 3.8) is 0 Å². The normalized spacial score (nSPS) is 9.95. The van der Waals surface area contributed by atoms with Gasteiger partial charge in [0.05, 0.1) is 10.4 Å². The van der Waals surface area contributed by atoms with Gasteiger partial charge in [0.2, 0.25) is 5.51 Å². The Hall–Kier alpha value is -2.33. The van der Waals surface area contributed by atoms with E-state index < -0.39 is 5.09 Å². The van der Waals surface area contributed by atoms with E-state index in [4.69, 9.17) is 26.2 Å². The second-order valence-electron chi connectivity index (χ2n) is 4.41. The van der Waals surface area contributed by atoms with Gasteiger partial charge in [-0.05, 0) is 6.92 Å². The molecule has 0 unspecified atom stereocenters. The highest BCUT2D eigenvalue weighted by Crippen LogP contribution is 2.13. The molecule has 0 spiro atoms. The van der Waals surface area contributed by atoms with Crippen LogP contribution in [0.5, 0.6) is 0 Å². The van der Waals surface area contributed by atoms with Crippen LogP contribution in [0.3, 0.4) is 0 Å². The van der Waals surface area contributed by atoms with Crippen LogP contribution in [0.4, 0.5) is 5.82 Å². The molecule has 0 saturated carbocycles. The van der Waals surface area contributed by atoms with Gasteiger partial charge in [-0.2, -0.15) is 4.57 Å².